The number of piperidine rings is 1. The van der Waals surface area contributed by atoms with Gasteiger partial charge in [0.2, 0.25) is 5.91 Å². The molecule has 0 aromatic heterocycles. The summed E-state index contributed by atoms with van der Waals surface area (Å²) in [5.74, 6) is 0.112. The molecule has 1 fully saturated rings. The quantitative estimate of drug-likeness (QED) is 0.894. The number of hydrogen-bond acceptors (Lipinski definition) is 2. The molecule has 4 heteroatoms. The lowest BCUT2D eigenvalue weighted by molar-refractivity contribution is -0.121. The van der Waals surface area contributed by atoms with Crippen molar-refractivity contribution in [2.24, 2.45) is 0 Å². The molecule has 0 saturated carbocycles. The van der Waals surface area contributed by atoms with Crippen LogP contribution in [0.5, 0.6) is 0 Å². The van der Waals surface area contributed by atoms with E-state index in [0.717, 1.165) is 36.0 Å². The normalized spacial score (nSPS) is 19.9. The van der Waals surface area contributed by atoms with Crippen LogP contribution in [0.1, 0.15) is 18.4 Å². The molecule has 1 aromatic rings. The third kappa shape index (κ3) is 4.13. The fraction of sp³-hybridized carbons (Fsp3) is 0.462. The van der Waals surface area contributed by atoms with Crippen molar-refractivity contribution in [3.63, 3.8) is 0 Å². The Morgan fingerprint density at radius 1 is 1.41 bits per heavy atom. The Morgan fingerprint density at radius 2 is 2.18 bits per heavy atom. The Hall–Kier alpha value is -0.870. The summed E-state index contributed by atoms with van der Waals surface area (Å²) in [7, 11) is 0. The van der Waals surface area contributed by atoms with E-state index in [1.807, 2.05) is 24.3 Å². The highest BCUT2D eigenvalue weighted by atomic mass is 79.9. The zero-order chi connectivity index (χ0) is 12.1. The van der Waals surface area contributed by atoms with E-state index in [0.29, 0.717) is 12.5 Å². The molecule has 1 heterocycles. The maximum atomic E-state index is 11.8. The van der Waals surface area contributed by atoms with Crippen molar-refractivity contribution in [2.75, 3.05) is 13.1 Å². The third-order valence-corrected chi connectivity index (χ3v) is 3.47. The molecule has 1 atom stereocenters. The number of nitrogens with one attached hydrogen (secondary N) is 2. The highest BCUT2D eigenvalue weighted by Gasteiger charge is 2.15. The van der Waals surface area contributed by atoms with Crippen LogP contribution in [0.4, 0.5) is 0 Å². The molecule has 1 aromatic carbocycles. The molecular formula is C13H17BrN2O. The lowest BCUT2D eigenvalue weighted by Gasteiger charge is -2.23. The Balaban J connectivity index is 1.82. The molecule has 2 N–H and O–H groups in total. The van der Waals surface area contributed by atoms with E-state index in [9.17, 15) is 4.79 Å². The molecule has 92 valence electrons. The van der Waals surface area contributed by atoms with Gasteiger partial charge in [-0.25, -0.2) is 0 Å². The first-order valence-corrected chi connectivity index (χ1v) is 6.78. The van der Waals surface area contributed by atoms with Gasteiger partial charge in [-0.15, -0.1) is 0 Å². The minimum Gasteiger partial charge on any atom is -0.352 e. The highest BCUT2D eigenvalue weighted by Crippen LogP contribution is 2.11. The molecule has 0 aliphatic carbocycles. The van der Waals surface area contributed by atoms with Gasteiger partial charge in [-0.3, -0.25) is 4.79 Å². The van der Waals surface area contributed by atoms with Crippen LogP contribution < -0.4 is 10.6 Å². The van der Waals surface area contributed by atoms with Crippen LogP contribution in [-0.2, 0) is 11.2 Å². The summed E-state index contributed by atoms with van der Waals surface area (Å²) in [6.45, 7) is 1.96. The predicted molar refractivity (Wildman–Crippen MR) is 71.9 cm³/mol. The molecule has 1 saturated heterocycles. The zero-order valence-corrected chi connectivity index (χ0v) is 11.3. The van der Waals surface area contributed by atoms with Crippen LogP contribution in [0.15, 0.2) is 28.7 Å². The first kappa shape index (κ1) is 12.6. The molecule has 1 amide bonds. The number of benzene rings is 1. The van der Waals surface area contributed by atoms with Crippen molar-refractivity contribution in [1.82, 2.24) is 10.6 Å². The van der Waals surface area contributed by atoms with Crippen LogP contribution >= 0.6 is 15.9 Å². The van der Waals surface area contributed by atoms with E-state index in [1.54, 1.807) is 0 Å². The van der Waals surface area contributed by atoms with Crippen molar-refractivity contribution in [3.8, 4) is 0 Å². The van der Waals surface area contributed by atoms with Gasteiger partial charge in [-0.1, -0.05) is 28.1 Å². The van der Waals surface area contributed by atoms with Crippen molar-refractivity contribution in [1.29, 1.82) is 0 Å². The van der Waals surface area contributed by atoms with E-state index < -0.39 is 0 Å². The molecular weight excluding hydrogens is 280 g/mol. The second-order valence-corrected chi connectivity index (χ2v) is 5.33. The smallest absolute Gasteiger partial charge is 0.224 e. The van der Waals surface area contributed by atoms with Crippen LogP contribution in [0.2, 0.25) is 0 Å². The molecule has 0 radical (unpaired) electrons. The molecule has 1 aliphatic rings. The van der Waals surface area contributed by atoms with E-state index in [2.05, 4.69) is 26.6 Å². The molecule has 3 nitrogen and oxygen atoms in total. The zero-order valence-electron chi connectivity index (χ0n) is 9.71. The second-order valence-electron chi connectivity index (χ2n) is 4.41. The summed E-state index contributed by atoms with van der Waals surface area (Å²) in [6.07, 6.45) is 2.69. The Bertz CT molecular complexity index is 372. The fourth-order valence-corrected chi connectivity index (χ4v) is 2.31. The minimum absolute atomic E-state index is 0.112. The molecule has 1 aliphatic heterocycles. The second kappa shape index (κ2) is 6.17. The maximum Gasteiger partial charge on any atom is 0.224 e. The van der Waals surface area contributed by atoms with E-state index in [-0.39, 0.29) is 5.91 Å². The fourth-order valence-electron chi connectivity index (χ4n) is 2.04. The first-order chi connectivity index (χ1) is 8.24. The van der Waals surface area contributed by atoms with E-state index >= 15 is 0 Å². The molecule has 17 heavy (non-hydrogen) atoms. The van der Waals surface area contributed by atoms with Gasteiger partial charge in [0.1, 0.15) is 0 Å². The number of amides is 1. The molecule has 0 bridgehead atoms. The summed E-state index contributed by atoms with van der Waals surface area (Å²) in [6, 6.07) is 8.17. The Labute approximate surface area is 110 Å². The topological polar surface area (TPSA) is 41.1 Å². The third-order valence-electron chi connectivity index (χ3n) is 2.94. The molecule has 0 spiro atoms. The van der Waals surface area contributed by atoms with Gasteiger partial charge >= 0.3 is 0 Å². The van der Waals surface area contributed by atoms with Gasteiger partial charge in [0, 0.05) is 17.1 Å². The van der Waals surface area contributed by atoms with Crippen LogP contribution in [-0.4, -0.2) is 25.0 Å². The first-order valence-electron chi connectivity index (χ1n) is 5.98. The number of carbonyl (C=O) groups excluding carboxylic acids is 1. The number of halogens is 1. The average molecular weight is 297 g/mol. The molecule has 0 unspecified atom stereocenters. The Morgan fingerprint density at radius 3 is 2.82 bits per heavy atom. The van der Waals surface area contributed by atoms with Gasteiger partial charge in [0.15, 0.2) is 0 Å². The van der Waals surface area contributed by atoms with Crippen LogP contribution in [0, 0.1) is 0 Å². The minimum atomic E-state index is 0.112. The average Bonchev–Trinajstić information content (AvgIpc) is 2.33. The van der Waals surface area contributed by atoms with E-state index in [4.69, 9.17) is 0 Å². The van der Waals surface area contributed by atoms with Gasteiger partial charge in [-0.05, 0) is 37.1 Å². The largest absolute Gasteiger partial charge is 0.352 e. The number of carbonyl (C=O) groups is 1. The SMILES string of the molecule is O=C(Cc1ccc(Br)cc1)N[C@@H]1CCCNC1. The lowest BCUT2D eigenvalue weighted by atomic mass is 10.1. The van der Waals surface area contributed by atoms with Gasteiger partial charge in [0.05, 0.1) is 6.42 Å². The summed E-state index contributed by atoms with van der Waals surface area (Å²) in [5.41, 5.74) is 1.05. The summed E-state index contributed by atoms with van der Waals surface area (Å²) in [4.78, 5) is 11.8. The van der Waals surface area contributed by atoms with Gasteiger partial charge in [0.25, 0.3) is 0 Å². The van der Waals surface area contributed by atoms with Crippen molar-refractivity contribution in [3.05, 3.63) is 34.3 Å². The van der Waals surface area contributed by atoms with Crippen molar-refractivity contribution < 1.29 is 4.79 Å². The van der Waals surface area contributed by atoms with Crippen molar-refractivity contribution in [2.45, 2.75) is 25.3 Å². The maximum absolute atomic E-state index is 11.8. The van der Waals surface area contributed by atoms with Crippen LogP contribution in [0.3, 0.4) is 0 Å². The predicted octanol–water partition coefficient (Wildman–Crippen LogP) is 1.86. The number of rotatable bonds is 3. The standard InChI is InChI=1S/C13H17BrN2O/c14-11-5-3-10(4-6-11)8-13(17)16-12-2-1-7-15-9-12/h3-6,12,15H,1-2,7-9H2,(H,16,17)/t12-/m1/s1. The lowest BCUT2D eigenvalue weighted by Crippen LogP contribution is -2.46. The highest BCUT2D eigenvalue weighted by molar-refractivity contribution is 9.10. The van der Waals surface area contributed by atoms with Crippen molar-refractivity contribution >= 4 is 21.8 Å². The van der Waals surface area contributed by atoms with Crippen LogP contribution in [0.25, 0.3) is 0 Å². The summed E-state index contributed by atoms with van der Waals surface area (Å²) < 4.78 is 1.04. The summed E-state index contributed by atoms with van der Waals surface area (Å²) >= 11 is 3.38. The molecule has 2 rings (SSSR count). The van der Waals surface area contributed by atoms with Gasteiger partial charge < -0.3 is 10.6 Å². The van der Waals surface area contributed by atoms with E-state index in [1.165, 1.54) is 0 Å². The summed E-state index contributed by atoms with van der Waals surface area (Å²) in [5, 5.41) is 6.36. The van der Waals surface area contributed by atoms with Gasteiger partial charge in [-0.2, -0.15) is 0 Å². The monoisotopic (exact) mass is 296 g/mol. The Kier molecular flexibility index (Phi) is 4.57. The number of hydrogen-bond donors (Lipinski definition) is 2.